The molecule has 0 fully saturated rings. The van der Waals surface area contributed by atoms with Crippen LogP contribution in [0.25, 0.3) is 0 Å². The van der Waals surface area contributed by atoms with Crippen LogP contribution in [0.4, 0.5) is 5.82 Å². The second kappa shape index (κ2) is 4.28. The number of anilines is 1. The van der Waals surface area contributed by atoms with Crippen LogP contribution in [0.3, 0.4) is 0 Å². The Bertz CT molecular complexity index is 451. The van der Waals surface area contributed by atoms with Gasteiger partial charge in [0.15, 0.2) is 0 Å². The standard InChI is InChI=1S/C6H11N5O3S/c1-8-5(12)3-10-15(13,14)4-2-9-11-6(4)7/h2,10H,3H2,1H3,(H,8,12)(H3,7,9,11). The normalized spacial score (nSPS) is 11.3. The number of sulfonamides is 1. The lowest BCUT2D eigenvalue weighted by Gasteiger charge is -2.03. The first-order valence-electron chi connectivity index (χ1n) is 3.96. The average Bonchev–Trinajstić information content (AvgIpc) is 2.61. The topological polar surface area (TPSA) is 130 Å². The molecule has 1 heterocycles. The molecule has 0 saturated carbocycles. The smallest absolute Gasteiger partial charge is 0.246 e. The molecule has 0 atom stereocenters. The van der Waals surface area contributed by atoms with Crippen LogP contribution in [0.1, 0.15) is 0 Å². The third-order valence-corrected chi connectivity index (χ3v) is 3.05. The van der Waals surface area contributed by atoms with Gasteiger partial charge < -0.3 is 11.1 Å². The van der Waals surface area contributed by atoms with E-state index in [9.17, 15) is 13.2 Å². The molecular formula is C6H11N5O3S. The molecule has 0 unspecified atom stereocenters. The predicted molar refractivity (Wildman–Crippen MR) is 52.3 cm³/mol. The minimum absolute atomic E-state index is 0.0700. The number of likely N-dealkylation sites (N-methyl/N-ethyl adjacent to an activating group) is 1. The largest absolute Gasteiger partial charge is 0.383 e. The van der Waals surface area contributed by atoms with Gasteiger partial charge in [0, 0.05) is 7.05 Å². The first-order chi connectivity index (χ1) is 6.97. The highest BCUT2D eigenvalue weighted by atomic mass is 32.2. The molecule has 0 aliphatic carbocycles. The van der Waals surface area contributed by atoms with E-state index in [1.54, 1.807) is 0 Å². The Balaban J connectivity index is 2.77. The summed E-state index contributed by atoms with van der Waals surface area (Å²) >= 11 is 0. The van der Waals surface area contributed by atoms with Crippen molar-refractivity contribution in [2.24, 2.45) is 0 Å². The number of rotatable bonds is 4. The van der Waals surface area contributed by atoms with Crippen molar-refractivity contribution in [2.45, 2.75) is 4.90 Å². The number of amides is 1. The van der Waals surface area contributed by atoms with E-state index >= 15 is 0 Å². The summed E-state index contributed by atoms with van der Waals surface area (Å²) in [6.45, 7) is -0.344. The highest BCUT2D eigenvalue weighted by molar-refractivity contribution is 7.89. The average molecular weight is 233 g/mol. The number of hydrogen-bond donors (Lipinski definition) is 4. The highest BCUT2D eigenvalue weighted by Crippen LogP contribution is 2.12. The summed E-state index contributed by atoms with van der Waals surface area (Å²) in [7, 11) is -2.38. The monoisotopic (exact) mass is 233 g/mol. The van der Waals surface area contributed by atoms with E-state index in [-0.39, 0.29) is 17.3 Å². The number of carbonyl (C=O) groups excluding carboxylic acids is 1. The summed E-state index contributed by atoms with van der Waals surface area (Å²) in [5, 5.41) is 8.03. The molecule has 0 aromatic carbocycles. The molecule has 0 radical (unpaired) electrons. The number of nitrogens with two attached hydrogens (primary N) is 1. The summed E-state index contributed by atoms with van der Waals surface area (Å²) in [6, 6.07) is 0. The van der Waals surface area contributed by atoms with Crippen molar-refractivity contribution in [3.05, 3.63) is 6.20 Å². The zero-order valence-corrected chi connectivity index (χ0v) is 8.76. The van der Waals surface area contributed by atoms with Gasteiger partial charge >= 0.3 is 0 Å². The third kappa shape index (κ3) is 2.67. The molecule has 0 spiro atoms. The van der Waals surface area contributed by atoms with Gasteiger partial charge in [-0.1, -0.05) is 0 Å². The fourth-order valence-electron chi connectivity index (χ4n) is 0.826. The Labute approximate surface area is 86.3 Å². The molecule has 1 aromatic rings. The van der Waals surface area contributed by atoms with Crippen LogP contribution in [0.5, 0.6) is 0 Å². The van der Waals surface area contributed by atoms with E-state index in [0.717, 1.165) is 6.20 Å². The molecule has 0 aliphatic heterocycles. The van der Waals surface area contributed by atoms with Crippen molar-refractivity contribution >= 4 is 21.7 Å². The summed E-state index contributed by atoms with van der Waals surface area (Å²) in [4.78, 5) is 10.6. The zero-order chi connectivity index (χ0) is 11.5. The first kappa shape index (κ1) is 11.5. The lowest BCUT2D eigenvalue weighted by molar-refractivity contribution is -0.119. The molecular weight excluding hydrogens is 222 g/mol. The lowest BCUT2D eigenvalue weighted by atomic mass is 10.6. The van der Waals surface area contributed by atoms with Gasteiger partial charge in [0.05, 0.1) is 12.7 Å². The maximum atomic E-state index is 11.5. The molecule has 9 heteroatoms. The number of aromatic nitrogens is 2. The van der Waals surface area contributed by atoms with Crippen molar-refractivity contribution in [2.75, 3.05) is 19.3 Å². The van der Waals surface area contributed by atoms with Gasteiger partial charge in [-0.3, -0.25) is 9.89 Å². The van der Waals surface area contributed by atoms with E-state index in [4.69, 9.17) is 5.73 Å². The number of aromatic amines is 1. The number of hydrogen-bond acceptors (Lipinski definition) is 5. The van der Waals surface area contributed by atoms with E-state index in [1.165, 1.54) is 7.05 Å². The van der Waals surface area contributed by atoms with E-state index in [0.29, 0.717) is 0 Å². The molecule has 84 valence electrons. The highest BCUT2D eigenvalue weighted by Gasteiger charge is 2.19. The van der Waals surface area contributed by atoms with Gasteiger partial charge in [0.2, 0.25) is 15.9 Å². The van der Waals surface area contributed by atoms with Crippen molar-refractivity contribution in [3.8, 4) is 0 Å². The van der Waals surface area contributed by atoms with Crippen molar-refractivity contribution in [3.63, 3.8) is 0 Å². The van der Waals surface area contributed by atoms with Gasteiger partial charge in [-0.15, -0.1) is 0 Å². The Morgan fingerprint density at radius 2 is 2.33 bits per heavy atom. The van der Waals surface area contributed by atoms with Crippen LogP contribution < -0.4 is 15.8 Å². The van der Waals surface area contributed by atoms with Gasteiger partial charge in [-0.2, -0.15) is 5.10 Å². The summed E-state index contributed by atoms with van der Waals surface area (Å²) in [5.74, 6) is -0.514. The van der Waals surface area contributed by atoms with E-state index < -0.39 is 15.9 Å². The number of nitrogens with one attached hydrogen (secondary N) is 3. The van der Waals surface area contributed by atoms with Crippen LogP contribution in [0, 0.1) is 0 Å². The van der Waals surface area contributed by atoms with Crippen LogP contribution in [-0.2, 0) is 14.8 Å². The van der Waals surface area contributed by atoms with Crippen LogP contribution in [0.15, 0.2) is 11.1 Å². The number of H-pyrrole nitrogens is 1. The zero-order valence-electron chi connectivity index (χ0n) is 7.94. The van der Waals surface area contributed by atoms with Crippen molar-refractivity contribution < 1.29 is 13.2 Å². The Morgan fingerprint density at radius 3 is 2.80 bits per heavy atom. The molecule has 1 rings (SSSR count). The maximum Gasteiger partial charge on any atom is 0.246 e. The first-order valence-corrected chi connectivity index (χ1v) is 5.45. The van der Waals surface area contributed by atoms with Crippen LogP contribution >= 0.6 is 0 Å². The Kier molecular flexibility index (Phi) is 3.27. The molecule has 15 heavy (non-hydrogen) atoms. The van der Waals surface area contributed by atoms with Crippen LogP contribution in [-0.4, -0.2) is 38.1 Å². The molecule has 1 aromatic heterocycles. The fourth-order valence-corrected chi connectivity index (χ4v) is 1.83. The molecule has 8 nitrogen and oxygen atoms in total. The molecule has 1 amide bonds. The van der Waals surface area contributed by atoms with Gasteiger partial charge in [0.1, 0.15) is 10.7 Å². The van der Waals surface area contributed by atoms with Crippen molar-refractivity contribution in [1.82, 2.24) is 20.2 Å². The van der Waals surface area contributed by atoms with E-state index in [1.807, 2.05) is 0 Å². The maximum absolute atomic E-state index is 11.5. The Morgan fingerprint density at radius 1 is 1.67 bits per heavy atom. The molecule has 0 saturated heterocycles. The lowest BCUT2D eigenvalue weighted by Crippen LogP contribution is -2.35. The van der Waals surface area contributed by atoms with E-state index in [2.05, 4.69) is 20.2 Å². The molecule has 5 N–H and O–H groups in total. The minimum Gasteiger partial charge on any atom is -0.383 e. The number of nitrogens with zero attached hydrogens (tertiary/aromatic N) is 1. The second-order valence-corrected chi connectivity index (χ2v) is 4.38. The SMILES string of the molecule is CNC(=O)CNS(=O)(=O)c1cn[nH]c1N. The molecule has 0 aliphatic rings. The van der Waals surface area contributed by atoms with Gasteiger partial charge in [-0.05, 0) is 0 Å². The summed E-state index contributed by atoms with van der Waals surface area (Å²) < 4.78 is 25.1. The summed E-state index contributed by atoms with van der Waals surface area (Å²) in [5.41, 5.74) is 5.33. The van der Waals surface area contributed by atoms with Gasteiger partial charge in [-0.25, -0.2) is 13.1 Å². The third-order valence-electron chi connectivity index (χ3n) is 1.62. The molecule has 0 bridgehead atoms. The predicted octanol–water partition coefficient (Wildman–Crippen LogP) is -1.98. The van der Waals surface area contributed by atoms with Crippen molar-refractivity contribution in [1.29, 1.82) is 0 Å². The minimum atomic E-state index is -3.78. The number of carbonyl (C=O) groups is 1. The quantitative estimate of drug-likeness (QED) is 0.478. The number of nitrogen functional groups attached to an aromatic ring is 1. The summed E-state index contributed by atoms with van der Waals surface area (Å²) in [6.07, 6.45) is 1.07. The Hall–Kier alpha value is -1.61. The fraction of sp³-hybridized carbons (Fsp3) is 0.333. The van der Waals surface area contributed by atoms with Gasteiger partial charge in [0.25, 0.3) is 0 Å². The second-order valence-electron chi connectivity index (χ2n) is 2.65. The van der Waals surface area contributed by atoms with Crippen LogP contribution in [0.2, 0.25) is 0 Å².